The number of amides is 1. The quantitative estimate of drug-likeness (QED) is 0.704. The van der Waals surface area contributed by atoms with E-state index in [0.29, 0.717) is 36.9 Å². The molecule has 0 radical (unpaired) electrons. The normalized spacial score (nSPS) is 16.4. The molecule has 1 atom stereocenters. The molecule has 4 heterocycles. The zero-order chi connectivity index (χ0) is 18.1. The molecule has 0 unspecified atom stereocenters. The lowest BCUT2D eigenvalue weighted by Crippen LogP contribution is -2.41. The average molecular weight is 354 g/mol. The van der Waals surface area contributed by atoms with Gasteiger partial charge in [0.1, 0.15) is 18.1 Å². The van der Waals surface area contributed by atoms with Gasteiger partial charge in [0, 0.05) is 25.4 Å². The van der Waals surface area contributed by atoms with Crippen molar-refractivity contribution in [2.75, 3.05) is 6.54 Å². The van der Waals surface area contributed by atoms with Crippen LogP contribution in [-0.4, -0.2) is 42.3 Å². The summed E-state index contributed by atoms with van der Waals surface area (Å²) in [5.41, 5.74) is 0.308. The Morgan fingerprint density at radius 3 is 3.00 bits per heavy atom. The van der Waals surface area contributed by atoms with Crippen molar-refractivity contribution in [3.63, 3.8) is 0 Å². The third kappa shape index (κ3) is 2.92. The van der Waals surface area contributed by atoms with Gasteiger partial charge in [-0.25, -0.2) is 0 Å². The van der Waals surface area contributed by atoms with Crippen LogP contribution in [0.2, 0.25) is 0 Å². The van der Waals surface area contributed by atoms with Gasteiger partial charge in [-0.2, -0.15) is 0 Å². The maximum atomic E-state index is 12.7. The molecular weight excluding hydrogens is 336 g/mol. The van der Waals surface area contributed by atoms with Crippen LogP contribution in [0.3, 0.4) is 0 Å². The molecule has 3 aromatic heterocycles. The van der Waals surface area contributed by atoms with Crippen molar-refractivity contribution in [1.82, 2.24) is 29.8 Å². The van der Waals surface area contributed by atoms with Crippen molar-refractivity contribution in [2.45, 2.75) is 33.0 Å². The van der Waals surface area contributed by atoms with Crippen LogP contribution in [0.1, 0.15) is 40.9 Å². The van der Waals surface area contributed by atoms with Crippen LogP contribution >= 0.6 is 0 Å². The Morgan fingerprint density at radius 1 is 1.38 bits per heavy atom. The van der Waals surface area contributed by atoms with E-state index in [1.54, 1.807) is 30.3 Å². The minimum absolute atomic E-state index is 0.170. The minimum Gasteiger partial charge on any atom is -0.484 e. The average Bonchev–Trinajstić information content (AvgIpc) is 3.27. The molecule has 1 aliphatic rings. The lowest BCUT2D eigenvalue weighted by atomic mass is 10.2. The summed E-state index contributed by atoms with van der Waals surface area (Å²) < 4.78 is 12.7. The van der Waals surface area contributed by atoms with Gasteiger partial charge in [0.05, 0.1) is 12.2 Å². The molecular formula is C17H18N6O3. The molecule has 9 nitrogen and oxygen atoms in total. The number of aryl methyl sites for hydroxylation is 1. The molecule has 0 aliphatic carbocycles. The van der Waals surface area contributed by atoms with E-state index in [9.17, 15) is 4.79 Å². The lowest BCUT2D eigenvalue weighted by molar-refractivity contribution is 0.0624. The van der Waals surface area contributed by atoms with Gasteiger partial charge in [-0.05, 0) is 26.0 Å². The fourth-order valence-electron chi connectivity index (χ4n) is 3.02. The lowest BCUT2D eigenvalue weighted by Gasteiger charge is -2.33. The molecule has 9 heteroatoms. The molecule has 1 aliphatic heterocycles. The molecule has 0 fully saturated rings. The molecule has 0 N–H and O–H groups in total. The van der Waals surface area contributed by atoms with E-state index in [1.807, 2.05) is 23.6 Å². The van der Waals surface area contributed by atoms with E-state index < -0.39 is 0 Å². The molecule has 0 spiro atoms. The fraction of sp³-hybridized carbons (Fsp3) is 0.353. The van der Waals surface area contributed by atoms with Crippen LogP contribution in [0.5, 0.6) is 5.75 Å². The molecule has 0 saturated carbocycles. The van der Waals surface area contributed by atoms with Crippen molar-refractivity contribution in [1.29, 1.82) is 0 Å². The number of pyridine rings is 1. The number of carbonyl (C=O) groups excluding carboxylic acids is 1. The highest BCUT2D eigenvalue weighted by atomic mass is 16.5. The van der Waals surface area contributed by atoms with Gasteiger partial charge in [0.25, 0.3) is 5.91 Å². The summed E-state index contributed by atoms with van der Waals surface area (Å²) in [6.45, 7) is 5.12. The number of aromatic nitrogens is 5. The molecule has 0 aromatic carbocycles. The smallest absolute Gasteiger partial charge is 0.276 e. The summed E-state index contributed by atoms with van der Waals surface area (Å²) in [6, 6.07) is 5.07. The molecule has 26 heavy (non-hydrogen) atoms. The summed E-state index contributed by atoms with van der Waals surface area (Å²) >= 11 is 0. The van der Waals surface area contributed by atoms with Gasteiger partial charge in [-0.1, -0.05) is 5.16 Å². The van der Waals surface area contributed by atoms with E-state index in [2.05, 4.69) is 20.3 Å². The highest BCUT2D eigenvalue weighted by Gasteiger charge is 2.33. The summed E-state index contributed by atoms with van der Waals surface area (Å²) in [7, 11) is 0. The van der Waals surface area contributed by atoms with Gasteiger partial charge >= 0.3 is 0 Å². The maximum absolute atomic E-state index is 12.7. The van der Waals surface area contributed by atoms with E-state index in [4.69, 9.17) is 9.26 Å². The summed E-state index contributed by atoms with van der Waals surface area (Å²) in [5.74, 6) is 2.56. The van der Waals surface area contributed by atoms with Gasteiger partial charge in [-0.3, -0.25) is 9.78 Å². The number of nitrogens with zero attached hydrogens (tertiary/aromatic N) is 6. The van der Waals surface area contributed by atoms with E-state index >= 15 is 0 Å². The highest BCUT2D eigenvalue weighted by molar-refractivity contribution is 5.92. The zero-order valence-corrected chi connectivity index (χ0v) is 14.5. The third-order valence-electron chi connectivity index (χ3n) is 4.37. The predicted octanol–water partition coefficient (Wildman–Crippen LogP) is 1.77. The molecule has 3 aromatic rings. The first kappa shape index (κ1) is 16.2. The second-order valence-electron chi connectivity index (χ2n) is 6.10. The van der Waals surface area contributed by atoms with Gasteiger partial charge in [-0.15, -0.1) is 10.2 Å². The van der Waals surface area contributed by atoms with Crippen LogP contribution < -0.4 is 4.74 Å². The second kappa shape index (κ2) is 6.58. The van der Waals surface area contributed by atoms with Gasteiger partial charge < -0.3 is 18.7 Å². The Balaban J connectivity index is 1.50. The maximum Gasteiger partial charge on any atom is 0.276 e. The summed E-state index contributed by atoms with van der Waals surface area (Å²) in [6.07, 6.45) is 3.34. The number of ether oxygens (including phenoxy) is 1. The number of hydrogen-bond acceptors (Lipinski definition) is 7. The van der Waals surface area contributed by atoms with Crippen LogP contribution in [-0.2, 0) is 13.2 Å². The van der Waals surface area contributed by atoms with Crippen LogP contribution in [0.25, 0.3) is 0 Å². The van der Waals surface area contributed by atoms with Crippen molar-refractivity contribution < 1.29 is 14.1 Å². The third-order valence-corrected chi connectivity index (χ3v) is 4.37. The fourth-order valence-corrected chi connectivity index (χ4v) is 3.02. The standard InChI is InChI=1S/C17H18N6O3/c1-11-8-14(21-26-11)17(24)22-6-7-23-15(19-20-16(23)12(22)2)10-25-13-4-3-5-18-9-13/h3-5,8-9,12H,6-7,10H2,1-2H3/t12-/m1/s1. The SMILES string of the molecule is Cc1cc(C(=O)N2CCn3c(COc4cccnc4)nnc3[C@H]2C)no1. The van der Waals surface area contributed by atoms with E-state index in [-0.39, 0.29) is 11.9 Å². The van der Waals surface area contributed by atoms with Gasteiger partial charge in [0.15, 0.2) is 17.3 Å². The molecule has 0 saturated heterocycles. The van der Waals surface area contributed by atoms with Crippen LogP contribution in [0.4, 0.5) is 0 Å². The van der Waals surface area contributed by atoms with Gasteiger partial charge in [0.2, 0.25) is 0 Å². The Labute approximate surface area is 149 Å². The summed E-state index contributed by atoms with van der Waals surface area (Å²) in [4.78, 5) is 18.4. The molecule has 1 amide bonds. The first-order chi connectivity index (χ1) is 12.6. The second-order valence-corrected chi connectivity index (χ2v) is 6.10. The number of carbonyl (C=O) groups is 1. The van der Waals surface area contributed by atoms with Crippen LogP contribution in [0, 0.1) is 6.92 Å². The summed E-state index contributed by atoms with van der Waals surface area (Å²) in [5, 5.41) is 12.3. The predicted molar refractivity (Wildman–Crippen MR) is 89.3 cm³/mol. The Morgan fingerprint density at radius 2 is 2.27 bits per heavy atom. The molecule has 134 valence electrons. The highest BCUT2D eigenvalue weighted by Crippen LogP contribution is 2.26. The topological polar surface area (TPSA) is 99.2 Å². The molecule has 4 rings (SSSR count). The Hall–Kier alpha value is -3.23. The largest absolute Gasteiger partial charge is 0.484 e. The number of rotatable bonds is 4. The first-order valence-corrected chi connectivity index (χ1v) is 8.32. The zero-order valence-electron chi connectivity index (χ0n) is 14.5. The van der Waals surface area contributed by atoms with E-state index in [1.165, 1.54) is 0 Å². The Bertz CT molecular complexity index is 920. The van der Waals surface area contributed by atoms with Crippen LogP contribution in [0.15, 0.2) is 35.1 Å². The number of fused-ring (bicyclic) bond motifs is 1. The Kier molecular flexibility index (Phi) is 4.11. The van der Waals surface area contributed by atoms with E-state index in [0.717, 1.165) is 11.6 Å². The monoisotopic (exact) mass is 354 g/mol. The number of hydrogen-bond donors (Lipinski definition) is 0. The first-order valence-electron chi connectivity index (χ1n) is 8.32. The van der Waals surface area contributed by atoms with Crippen molar-refractivity contribution in [3.8, 4) is 5.75 Å². The van der Waals surface area contributed by atoms with Crippen molar-refractivity contribution in [3.05, 3.63) is 53.7 Å². The minimum atomic E-state index is -0.215. The van der Waals surface area contributed by atoms with Crippen molar-refractivity contribution in [2.24, 2.45) is 0 Å². The van der Waals surface area contributed by atoms with Crippen molar-refractivity contribution >= 4 is 5.91 Å². The molecule has 0 bridgehead atoms.